The summed E-state index contributed by atoms with van der Waals surface area (Å²) in [6, 6.07) is 19.6. The number of nitrogens with zero attached hydrogens (tertiary/aromatic N) is 1. The molecule has 8 nitrogen and oxygen atoms in total. The van der Waals surface area contributed by atoms with Gasteiger partial charge in [0.15, 0.2) is 0 Å². The normalized spacial score (nSPS) is 14.7. The lowest BCUT2D eigenvalue weighted by atomic mass is 9.85. The highest BCUT2D eigenvalue weighted by molar-refractivity contribution is 5.86. The zero-order valence-corrected chi connectivity index (χ0v) is 22.2. The Morgan fingerprint density at radius 2 is 1.45 bits per heavy atom. The number of hydrogen-bond acceptors (Lipinski definition) is 5. The summed E-state index contributed by atoms with van der Waals surface area (Å²) < 4.78 is 0. The molecule has 0 aliphatic heterocycles. The molecule has 0 bridgehead atoms. The predicted molar refractivity (Wildman–Crippen MR) is 148 cm³/mol. The molecule has 202 valence electrons. The minimum Gasteiger partial charge on any atom is -0.465 e. The van der Waals surface area contributed by atoms with E-state index < -0.39 is 41.6 Å². The summed E-state index contributed by atoms with van der Waals surface area (Å²) in [5, 5.41) is 25.6. The molecule has 2 aromatic carbocycles. The molecule has 0 saturated carbocycles. The van der Waals surface area contributed by atoms with Crippen molar-refractivity contribution in [3.05, 3.63) is 90.3 Å². The van der Waals surface area contributed by atoms with E-state index in [1.807, 2.05) is 66.7 Å². The van der Waals surface area contributed by atoms with Crippen molar-refractivity contribution in [2.24, 2.45) is 11.1 Å². The Kier molecular flexibility index (Phi) is 9.98. The van der Waals surface area contributed by atoms with Gasteiger partial charge in [0.2, 0.25) is 5.91 Å². The highest BCUT2D eigenvalue weighted by Gasteiger charge is 2.34. The highest BCUT2D eigenvalue weighted by atomic mass is 16.4. The third-order valence-electron chi connectivity index (χ3n) is 6.53. The Balaban J connectivity index is 1.69. The SMILES string of the molecule is CC(C)(C)[C@H](NC(=O)O)C(=O)N[C@@H](Cc1ccccc1)C[C@H](O)[C@@H](N)Cc1ccc(-c2ccncc2)cc1. The Morgan fingerprint density at radius 1 is 0.868 bits per heavy atom. The van der Waals surface area contributed by atoms with Crippen LogP contribution in [-0.2, 0) is 17.6 Å². The lowest BCUT2D eigenvalue weighted by molar-refractivity contribution is -0.126. The second-order valence-corrected chi connectivity index (χ2v) is 10.7. The number of amides is 2. The fourth-order valence-corrected chi connectivity index (χ4v) is 4.43. The smallest absolute Gasteiger partial charge is 0.405 e. The van der Waals surface area contributed by atoms with Crippen LogP contribution in [0.15, 0.2) is 79.1 Å². The first-order valence-corrected chi connectivity index (χ1v) is 12.8. The van der Waals surface area contributed by atoms with Crippen molar-refractivity contribution in [1.82, 2.24) is 15.6 Å². The van der Waals surface area contributed by atoms with Crippen molar-refractivity contribution in [2.75, 3.05) is 0 Å². The average Bonchev–Trinajstić information content (AvgIpc) is 2.88. The van der Waals surface area contributed by atoms with Gasteiger partial charge in [-0.3, -0.25) is 9.78 Å². The largest absolute Gasteiger partial charge is 0.465 e. The zero-order chi connectivity index (χ0) is 27.7. The van der Waals surface area contributed by atoms with E-state index >= 15 is 0 Å². The van der Waals surface area contributed by atoms with Gasteiger partial charge in [0.05, 0.1) is 6.10 Å². The molecule has 6 N–H and O–H groups in total. The van der Waals surface area contributed by atoms with Crippen LogP contribution in [0.3, 0.4) is 0 Å². The molecule has 0 radical (unpaired) electrons. The van der Waals surface area contributed by atoms with Crippen LogP contribution < -0.4 is 16.4 Å². The number of aromatic nitrogens is 1. The maximum atomic E-state index is 13.2. The van der Waals surface area contributed by atoms with Gasteiger partial charge in [0.1, 0.15) is 6.04 Å². The minimum atomic E-state index is -1.27. The first-order valence-electron chi connectivity index (χ1n) is 12.8. The molecular weight excluding hydrogens is 480 g/mol. The number of benzene rings is 2. The lowest BCUT2D eigenvalue weighted by Crippen LogP contribution is -2.56. The number of aliphatic hydroxyl groups excluding tert-OH is 1. The van der Waals surface area contributed by atoms with Gasteiger partial charge in [-0.2, -0.15) is 0 Å². The number of rotatable bonds is 11. The highest BCUT2D eigenvalue weighted by Crippen LogP contribution is 2.22. The van der Waals surface area contributed by atoms with Gasteiger partial charge in [-0.05, 0) is 59.1 Å². The van der Waals surface area contributed by atoms with E-state index in [0.717, 1.165) is 22.3 Å². The number of nitrogens with two attached hydrogens (primary N) is 1. The number of nitrogens with one attached hydrogen (secondary N) is 2. The predicted octanol–water partition coefficient (Wildman–Crippen LogP) is 3.78. The van der Waals surface area contributed by atoms with Crippen LogP contribution in [0.4, 0.5) is 4.79 Å². The minimum absolute atomic E-state index is 0.223. The van der Waals surface area contributed by atoms with Crippen LogP contribution in [0.25, 0.3) is 11.1 Å². The van der Waals surface area contributed by atoms with E-state index in [1.54, 1.807) is 33.2 Å². The van der Waals surface area contributed by atoms with Gasteiger partial charge in [0.25, 0.3) is 0 Å². The molecule has 38 heavy (non-hydrogen) atoms. The maximum Gasteiger partial charge on any atom is 0.405 e. The van der Waals surface area contributed by atoms with Crippen molar-refractivity contribution in [1.29, 1.82) is 0 Å². The standard InChI is InChI=1S/C30H38N4O4/c1-30(2,3)27(34-29(37)38)28(36)33-24(17-20-7-5-4-6-8-20)19-26(35)25(31)18-21-9-11-22(12-10-21)23-13-15-32-16-14-23/h4-16,24-27,34-35H,17-19,31H2,1-3H3,(H,33,36)(H,37,38)/t24-,25-,26-,27+/m0/s1. The van der Waals surface area contributed by atoms with Gasteiger partial charge in [0, 0.05) is 24.5 Å². The molecule has 0 fully saturated rings. The van der Waals surface area contributed by atoms with E-state index in [-0.39, 0.29) is 6.42 Å². The molecule has 0 aliphatic carbocycles. The Hall–Kier alpha value is -3.75. The molecule has 2 amide bonds. The van der Waals surface area contributed by atoms with Gasteiger partial charge in [-0.1, -0.05) is 75.4 Å². The topological polar surface area (TPSA) is 138 Å². The number of carbonyl (C=O) groups is 2. The van der Waals surface area contributed by atoms with Gasteiger partial charge < -0.3 is 26.6 Å². The van der Waals surface area contributed by atoms with Crippen molar-refractivity contribution >= 4 is 12.0 Å². The molecule has 0 spiro atoms. The van der Waals surface area contributed by atoms with E-state index in [0.29, 0.717) is 12.8 Å². The van der Waals surface area contributed by atoms with E-state index in [9.17, 15) is 19.8 Å². The zero-order valence-electron chi connectivity index (χ0n) is 22.2. The Labute approximate surface area is 224 Å². The van der Waals surface area contributed by atoms with Crippen LogP contribution in [0.2, 0.25) is 0 Å². The summed E-state index contributed by atoms with van der Waals surface area (Å²) in [6.07, 6.45) is 2.51. The maximum absolute atomic E-state index is 13.2. The second-order valence-electron chi connectivity index (χ2n) is 10.7. The van der Waals surface area contributed by atoms with E-state index in [2.05, 4.69) is 15.6 Å². The van der Waals surface area contributed by atoms with Gasteiger partial charge >= 0.3 is 6.09 Å². The number of aliphatic hydroxyl groups is 1. The number of pyridine rings is 1. The lowest BCUT2D eigenvalue weighted by Gasteiger charge is -2.32. The van der Waals surface area contributed by atoms with Crippen LogP contribution >= 0.6 is 0 Å². The van der Waals surface area contributed by atoms with Gasteiger partial charge in [-0.25, -0.2) is 4.79 Å². The van der Waals surface area contributed by atoms with Gasteiger partial charge in [-0.15, -0.1) is 0 Å². The van der Waals surface area contributed by atoms with Crippen LogP contribution in [0, 0.1) is 5.41 Å². The molecule has 8 heteroatoms. The number of carbonyl (C=O) groups excluding carboxylic acids is 1. The molecular formula is C30H38N4O4. The van der Waals surface area contributed by atoms with E-state index in [1.165, 1.54) is 0 Å². The van der Waals surface area contributed by atoms with Crippen molar-refractivity contribution in [3.63, 3.8) is 0 Å². The summed E-state index contributed by atoms with van der Waals surface area (Å²) >= 11 is 0. The van der Waals surface area contributed by atoms with Crippen molar-refractivity contribution in [3.8, 4) is 11.1 Å². The third-order valence-corrected chi connectivity index (χ3v) is 6.53. The number of hydrogen-bond donors (Lipinski definition) is 5. The Morgan fingerprint density at radius 3 is 2.03 bits per heavy atom. The molecule has 0 unspecified atom stereocenters. The molecule has 4 atom stereocenters. The van der Waals surface area contributed by atoms with Crippen molar-refractivity contribution < 1.29 is 19.8 Å². The summed E-state index contributed by atoms with van der Waals surface area (Å²) in [4.78, 5) is 28.5. The quantitative estimate of drug-likeness (QED) is 0.262. The molecule has 1 aromatic heterocycles. The number of carboxylic acid groups (broad SMARTS) is 1. The van der Waals surface area contributed by atoms with Crippen LogP contribution in [-0.4, -0.2) is 51.4 Å². The summed E-state index contributed by atoms with van der Waals surface area (Å²) in [7, 11) is 0. The van der Waals surface area contributed by atoms with Crippen molar-refractivity contribution in [2.45, 2.75) is 64.3 Å². The molecule has 0 saturated heterocycles. The summed E-state index contributed by atoms with van der Waals surface area (Å²) in [5.74, 6) is -0.437. The summed E-state index contributed by atoms with van der Waals surface area (Å²) in [6.45, 7) is 5.39. The third kappa shape index (κ3) is 8.68. The van der Waals surface area contributed by atoms with E-state index in [4.69, 9.17) is 5.73 Å². The fourth-order valence-electron chi connectivity index (χ4n) is 4.43. The summed E-state index contributed by atoms with van der Waals surface area (Å²) in [5.41, 5.74) is 9.89. The van der Waals surface area contributed by atoms with Crippen LogP contribution in [0.1, 0.15) is 38.3 Å². The van der Waals surface area contributed by atoms with Crippen LogP contribution in [0.5, 0.6) is 0 Å². The first-order chi connectivity index (χ1) is 18.0. The average molecular weight is 519 g/mol. The molecule has 1 heterocycles. The monoisotopic (exact) mass is 518 g/mol. The first kappa shape index (κ1) is 28.8. The molecule has 0 aliphatic rings. The second kappa shape index (κ2) is 13.2. The Bertz CT molecular complexity index is 1160. The molecule has 3 rings (SSSR count). The molecule has 3 aromatic rings. The fraction of sp³-hybridized carbons (Fsp3) is 0.367.